The number of nitrogens with zero attached hydrogens (tertiary/aromatic N) is 8. The van der Waals surface area contributed by atoms with E-state index in [9.17, 15) is 14.4 Å². The Morgan fingerprint density at radius 1 is 0.927 bits per heavy atom. The van der Waals surface area contributed by atoms with Crippen LogP contribution in [0.15, 0.2) is 73.2 Å². The summed E-state index contributed by atoms with van der Waals surface area (Å²) < 4.78 is 5.70. The number of anilines is 5. The van der Waals surface area contributed by atoms with Crippen molar-refractivity contribution in [3.8, 4) is 17.0 Å². The Morgan fingerprint density at radius 3 is 2.53 bits per heavy atom. The van der Waals surface area contributed by atoms with Gasteiger partial charge >= 0.3 is 6.03 Å². The van der Waals surface area contributed by atoms with Crippen molar-refractivity contribution in [3.05, 3.63) is 84.3 Å². The topological polar surface area (TPSA) is 161 Å². The first-order chi connectivity index (χ1) is 26.8. The number of carbonyl (C=O) groups excluding carboxylic acids is 3. The molecule has 15 nitrogen and oxygen atoms in total. The van der Waals surface area contributed by atoms with Gasteiger partial charge in [-0.1, -0.05) is 18.2 Å². The molecule has 5 aromatic rings. The predicted molar refractivity (Wildman–Crippen MR) is 215 cm³/mol. The summed E-state index contributed by atoms with van der Waals surface area (Å²) in [6.45, 7) is 8.74. The van der Waals surface area contributed by atoms with Crippen molar-refractivity contribution >= 4 is 57.6 Å². The molecule has 9 rings (SSSR count). The van der Waals surface area contributed by atoms with Gasteiger partial charge in [-0.25, -0.2) is 24.7 Å². The molecule has 286 valence electrons. The second-order valence-corrected chi connectivity index (χ2v) is 14.3. The minimum atomic E-state index is -0.374. The molecule has 0 unspecified atom stereocenters. The van der Waals surface area contributed by atoms with Crippen LogP contribution in [0, 0.1) is 6.92 Å². The molecule has 4 aliphatic rings. The van der Waals surface area contributed by atoms with Crippen molar-refractivity contribution in [2.45, 2.75) is 25.8 Å². The highest BCUT2D eigenvalue weighted by molar-refractivity contribution is 6.05. The van der Waals surface area contributed by atoms with E-state index in [1.807, 2.05) is 59.6 Å². The fourth-order valence-electron chi connectivity index (χ4n) is 7.65. The van der Waals surface area contributed by atoms with E-state index in [-0.39, 0.29) is 22.1 Å². The van der Waals surface area contributed by atoms with Gasteiger partial charge in [-0.05, 0) is 60.0 Å². The Hall–Kier alpha value is -6.35. The SMILES string of the molecule is Cc1c(-c2ccc3cnc(Nc4ccc(CC(=O)N5CCN(C6CN(c7ccc(N8CCC(=O)NC8=O)cc7)C6)CC5)cn4)nc3c2)cnc2c1NCCO2.[HH].[HH].[HH]. The van der Waals surface area contributed by atoms with Gasteiger partial charge in [-0.2, -0.15) is 0 Å². The molecule has 7 heterocycles. The minimum absolute atomic E-state index is 0. The molecule has 3 N–H and O–H groups in total. The van der Waals surface area contributed by atoms with Gasteiger partial charge in [0.1, 0.15) is 18.1 Å². The average Bonchev–Trinajstić information content (AvgIpc) is 3.19. The van der Waals surface area contributed by atoms with Gasteiger partial charge in [0.25, 0.3) is 0 Å². The monoisotopic (exact) mass is 745 g/mol. The van der Waals surface area contributed by atoms with Crippen LogP contribution < -0.4 is 30.5 Å². The maximum Gasteiger partial charge on any atom is 0.328 e. The Morgan fingerprint density at radius 2 is 1.75 bits per heavy atom. The number of piperazine rings is 1. The third-order valence-electron chi connectivity index (χ3n) is 10.9. The van der Waals surface area contributed by atoms with E-state index in [0.717, 1.165) is 82.9 Å². The first kappa shape index (κ1) is 34.4. The second kappa shape index (κ2) is 14.5. The zero-order chi connectivity index (χ0) is 37.5. The molecule has 0 bridgehead atoms. The number of ether oxygens (including phenoxy) is 1. The number of hydrogen-bond acceptors (Lipinski definition) is 12. The minimum Gasteiger partial charge on any atom is -0.474 e. The summed E-state index contributed by atoms with van der Waals surface area (Å²) in [4.78, 5) is 63.6. The predicted octanol–water partition coefficient (Wildman–Crippen LogP) is 4.70. The van der Waals surface area contributed by atoms with E-state index >= 15 is 0 Å². The molecule has 0 spiro atoms. The zero-order valence-electron chi connectivity index (χ0n) is 30.5. The molecule has 2 aromatic carbocycles. The third kappa shape index (κ3) is 7.05. The molecule has 0 saturated carbocycles. The first-order valence-electron chi connectivity index (χ1n) is 18.7. The molecule has 3 saturated heterocycles. The van der Waals surface area contributed by atoms with E-state index < -0.39 is 0 Å². The van der Waals surface area contributed by atoms with E-state index in [1.54, 1.807) is 17.3 Å². The maximum atomic E-state index is 13.2. The quantitative estimate of drug-likeness (QED) is 0.201. The fourth-order valence-corrected chi connectivity index (χ4v) is 7.65. The molecule has 0 aliphatic carbocycles. The molecule has 4 aliphatic heterocycles. The molecule has 3 fully saturated rings. The Labute approximate surface area is 322 Å². The molecule has 0 radical (unpaired) electrons. The number of amides is 4. The highest BCUT2D eigenvalue weighted by Gasteiger charge is 2.34. The van der Waals surface area contributed by atoms with Crippen LogP contribution in [-0.2, 0) is 16.0 Å². The second-order valence-electron chi connectivity index (χ2n) is 14.3. The van der Waals surface area contributed by atoms with E-state index in [4.69, 9.17) is 9.72 Å². The average molecular weight is 746 g/mol. The number of urea groups is 1. The van der Waals surface area contributed by atoms with Crippen molar-refractivity contribution in [2.24, 2.45) is 0 Å². The lowest BCUT2D eigenvalue weighted by molar-refractivity contribution is -0.132. The number of nitrogens with one attached hydrogen (secondary N) is 3. The number of imide groups is 1. The number of pyridine rings is 2. The lowest BCUT2D eigenvalue weighted by atomic mass is 10.00. The number of rotatable bonds is 8. The van der Waals surface area contributed by atoms with Gasteiger partial charge in [0.05, 0.1) is 11.9 Å². The number of hydrogen-bond donors (Lipinski definition) is 3. The molecule has 0 atom stereocenters. The van der Waals surface area contributed by atoms with Crippen molar-refractivity contribution in [1.29, 1.82) is 0 Å². The van der Waals surface area contributed by atoms with Crippen LogP contribution in [0.25, 0.3) is 22.0 Å². The van der Waals surface area contributed by atoms with E-state index in [2.05, 4.69) is 53.7 Å². The van der Waals surface area contributed by atoms with Crippen molar-refractivity contribution in [3.63, 3.8) is 0 Å². The van der Waals surface area contributed by atoms with Gasteiger partial charge in [0.15, 0.2) is 0 Å². The Balaban J connectivity index is 0.00000189. The largest absolute Gasteiger partial charge is 0.474 e. The van der Waals surface area contributed by atoms with Crippen LogP contribution in [-0.4, -0.2) is 113 Å². The summed E-state index contributed by atoms with van der Waals surface area (Å²) >= 11 is 0. The van der Waals surface area contributed by atoms with E-state index in [0.29, 0.717) is 62.8 Å². The molecule has 55 heavy (non-hydrogen) atoms. The summed E-state index contributed by atoms with van der Waals surface area (Å²) in [7, 11) is 0. The van der Waals surface area contributed by atoms with Gasteiger partial charge in [-0.3, -0.25) is 24.7 Å². The Kier molecular flexibility index (Phi) is 9.06. The number of fused-ring (bicyclic) bond motifs is 2. The summed E-state index contributed by atoms with van der Waals surface area (Å²) in [5.74, 6) is 1.53. The van der Waals surface area contributed by atoms with Crippen LogP contribution in [0.1, 0.15) is 21.8 Å². The summed E-state index contributed by atoms with van der Waals surface area (Å²) in [5, 5.41) is 9.90. The molecule has 15 heteroatoms. The lowest BCUT2D eigenvalue weighted by Gasteiger charge is -2.49. The molecular formula is C40H47N11O4. The van der Waals surface area contributed by atoms with Crippen LogP contribution in [0.4, 0.5) is 33.6 Å². The van der Waals surface area contributed by atoms with Crippen molar-refractivity contribution in [2.75, 3.05) is 79.4 Å². The molecule has 4 amide bonds. The smallest absolute Gasteiger partial charge is 0.328 e. The highest BCUT2D eigenvalue weighted by atomic mass is 16.5. The van der Waals surface area contributed by atoms with Gasteiger partial charge in [-0.15, -0.1) is 0 Å². The van der Waals surface area contributed by atoms with Gasteiger partial charge in [0, 0.05) is 110 Å². The number of benzene rings is 2. The number of carbonyl (C=O) groups is 3. The zero-order valence-corrected chi connectivity index (χ0v) is 30.5. The van der Waals surface area contributed by atoms with Gasteiger partial charge < -0.3 is 25.2 Å². The van der Waals surface area contributed by atoms with Crippen LogP contribution in [0.5, 0.6) is 5.88 Å². The summed E-state index contributed by atoms with van der Waals surface area (Å²) in [6.07, 6.45) is 5.97. The van der Waals surface area contributed by atoms with Crippen LogP contribution in [0.3, 0.4) is 0 Å². The standard InChI is InChI=1S/C40H41N11O4.3H2/c1-25-32(22-43-38-37(25)41-11-17-55-38)27-3-4-28-21-44-39(45-33(28)19-27)46-34-9-2-26(20-42-34)18-36(53)49-15-13-48(14-16-49)31-23-50(24-31)29-5-7-30(8-6-29)51-12-10-35(52)47-40(51)54;;;/h2-9,19-22,31,41H,10-18,23-24H2,1H3,(H,47,52,54)(H,42,44,45,46);3*1H. The first-order valence-corrected chi connectivity index (χ1v) is 18.7. The molecular weight excluding hydrogens is 699 g/mol. The lowest BCUT2D eigenvalue weighted by Crippen LogP contribution is -2.63. The highest BCUT2D eigenvalue weighted by Crippen LogP contribution is 2.36. The van der Waals surface area contributed by atoms with Crippen molar-refractivity contribution in [1.82, 2.24) is 35.1 Å². The third-order valence-corrected chi connectivity index (χ3v) is 10.9. The molecule has 3 aromatic heterocycles. The summed E-state index contributed by atoms with van der Waals surface area (Å²) in [5.41, 5.74) is 7.57. The van der Waals surface area contributed by atoms with Gasteiger partial charge in [0.2, 0.25) is 23.6 Å². The van der Waals surface area contributed by atoms with Crippen molar-refractivity contribution < 1.29 is 23.4 Å². The fraction of sp³-hybridized carbons (Fsp3) is 0.325. The van der Waals surface area contributed by atoms with Crippen LogP contribution >= 0.6 is 0 Å². The van der Waals surface area contributed by atoms with E-state index in [1.165, 1.54) is 0 Å². The number of aromatic nitrogens is 4. The normalized spacial score (nSPS) is 17.6. The summed E-state index contributed by atoms with van der Waals surface area (Å²) in [6, 6.07) is 17.9. The Bertz CT molecular complexity index is 2290. The maximum absolute atomic E-state index is 13.2. The van der Waals surface area contributed by atoms with Crippen LogP contribution in [0.2, 0.25) is 0 Å².